The summed E-state index contributed by atoms with van der Waals surface area (Å²) in [5.41, 5.74) is 6.40. The Balaban J connectivity index is 1.98. The highest BCUT2D eigenvalue weighted by Gasteiger charge is 2.25. The van der Waals surface area contributed by atoms with Crippen molar-refractivity contribution in [3.05, 3.63) is 35.6 Å². The van der Waals surface area contributed by atoms with Gasteiger partial charge in [-0.1, -0.05) is 26.0 Å². The van der Waals surface area contributed by atoms with Crippen LogP contribution in [0, 0.1) is 11.7 Å². The number of halogens is 1. The minimum atomic E-state index is -0.340. The van der Waals surface area contributed by atoms with Crippen molar-refractivity contribution in [1.82, 2.24) is 10.2 Å². The zero-order chi connectivity index (χ0) is 15.4. The van der Waals surface area contributed by atoms with Crippen molar-refractivity contribution in [3.8, 4) is 0 Å². The summed E-state index contributed by atoms with van der Waals surface area (Å²) in [6.07, 6.45) is 1.79. The molecule has 1 heterocycles. The third-order valence-electron chi connectivity index (χ3n) is 4.12. The molecule has 0 radical (unpaired) electrons. The fourth-order valence-corrected chi connectivity index (χ4v) is 2.86. The number of nitrogens with one attached hydrogen (secondary N) is 1. The number of rotatable bonds is 4. The molecule has 3 N–H and O–H groups in total. The minimum absolute atomic E-state index is 0.190. The Hall–Kier alpha value is -1.62. The van der Waals surface area contributed by atoms with Gasteiger partial charge < -0.3 is 16.0 Å². The quantitative estimate of drug-likeness (QED) is 0.896. The van der Waals surface area contributed by atoms with Gasteiger partial charge in [-0.15, -0.1) is 0 Å². The number of likely N-dealkylation sites (tertiary alicyclic amines) is 1. The zero-order valence-electron chi connectivity index (χ0n) is 12.7. The maximum atomic E-state index is 13.1. The Bertz CT molecular complexity index is 467. The van der Waals surface area contributed by atoms with Gasteiger partial charge >= 0.3 is 6.03 Å². The Kier molecular flexibility index (Phi) is 5.17. The number of carbonyl (C=O) groups excluding carboxylic acids is 1. The van der Waals surface area contributed by atoms with Crippen molar-refractivity contribution in [2.75, 3.05) is 13.1 Å². The summed E-state index contributed by atoms with van der Waals surface area (Å²) < 4.78 is 13.1. The van der Waals surface area contributed by atoms with Crippen LogP contribution in [-0.4, -0.2) is 30.1 Å². The first-order chi connectivity index (χ1) is 9.97. The predicted octanol–water partition coefficient (Wildman–Crippen LogP) is 2.66. The molecule has 2 amide bonds. The Morgan fingerprint density at radius 1 is 1.29 bits per heavy atom. The SMILES string of the molecule is CC(C)C(NC1CCN(C(N)=O)CC1)c1ccc(F)cc1. The topological polar surface area (TPSA) is 58.4 Å². The van der Waals surface area contributed by atoms with Crippen molar-refractivity contribution in [2.45, 2.75) is 38.8 Å². The number of benzene rings is 1. The average molecular weight is 293 g/mol. The fraction of sp³-hybridized carbons (Fsp3) is 0.562. The first-order valence-corrected chi connectivity index (χ1v) is 7.53. The molecular formula is C16H24FN3O. The van der Waals surface area contributed by atoms with Crippen LogP contribution in [0.2, 0.25) is 0 Å². The first kappa shape index (κ1) is 15.8. The van der Waals surface area contributed by atoms with Crippen LogP contribution in [0.4, 0.5) is 9.18 Å². The monoisotopic (exact) mass is 293 g/mol. The van der Waals surface area contributed by atoms with Crippen molar-refractivity contribution in [3.63, 3.8) is 0 Å². The van der Waals surface area contributed by atoms with Gasteiger partial charge in [-0.05, 0) is 36.5 Å². The van der Waals surface area contributed by atoms with Gasteiger partial charge in [0.1, 0.15) is 5.82 Å². The molecule has 1 fully saturated rings. The van der Waals surface area contributed by atoms with Crippen molar-refractivity contribution in [1.29, 1.82) is 0 Å². The number of primary amides is 1. The van der Waals surface area contributed by atoms with Crippen LogP contribution in [0.25, 0.3) is 0 Å². The smallest absolute Gasteiger partial charge is 0.314 e. The van der Waals surface area contributed by atoms with E-state index in [0.717, 1.165) is 18.4 Å². The van der Waals surface area contributed by atoms with Gasteiger partial charge in [-0.3, -0.25) is 0 Å². The van der Waals surface area contributed by atoms with E-state index < -0.39 is 0 Å². The van der Waals surface area contributed by atoms with Crippen LogP contribution >= 0.6 is 0 Å². The van der Waals surface area contributed by atoms with Crippen molar-refractivity contribution < 1.29 is 9.18 Å². The predicted molar refractivity (Wildman–Crippen MR) is 81.3 cm³/mol. The maximum Gasteiger partial charge on any atom is 0.314 e. The summed E-state index contributed by atoms with van der Waals surface area (Å²) in [5.74, 6) is 0.195. The van der Waals surface area contributed by atoms with Gasteiger partial charge in [0.15, 0.2) is 0 Å². The summed E-state index contributed by atoms with van der Waals surface area (Å²) in [5, 5.41) is 3.65. The third-order valence-corrected chi connectivity index (χ3v) is 4.12. The van der Waals surface area contributed by atoms with Crippen LogP contribution in [0.15, 0.2) is 24.3 Å². The van der Waals surface area contributed by atoms with E-state index in [4.69, 9.17) is 5.73 Å². The van der Waals surface area contributed by atoms with Gasteiger partial charge in [0, 0.05) is 25.2 Å². The highest BCUT2D eigenvalue weighted by molar-refractivity contribution is 5.72. The molecule has 1 aliphatic heterocycles. The Morgan fingerprint density at radius 3 is 2.33 bits per heavy atom. The molecule has 0 aromatic heterocycles. The van der Waals surface area contributed by atoms with Gasteiger partial charge in [0.2, 0.25) is 0 Å². The van der Waals surface area contributed by atoms with Crippen molar-refractivity contribution in [2.24, 2.45) is 11.7 Å². The van der Waals surface area contributed by atoms with Gasteiger partial charge in [0.05, 0.1) is 0 Å². The highest BCUT2D eigenvalue weighted by Crippen LogP contribution is 2.24. The summed E-state index contributed by atoms with van der Waals surface area (Å²) >= 11 is 0. The molecule has 4 nitrogen and oxygen atoms in total. The molecular weight excluding hydrogens is 269 g/mol. The van der Waals surface area contributed by atoms with Crippen LogP contribution in [0.5, 0.6) is 0 Å². The molecule has 0 bridgehead atoms. The number of nitrogens with zero attached hydrogens (tertiary/aromatic N) is 1. The lowest BCUT2D eigenvalue weighted by Gasteiger charge is -2.35. The molecule has 1 unspecified atom stereocenters. The lowest BCUT2D eigenvalue weighted by Crippen LogP contribution is -2.48. The highest BCUT2D eigenvalue weighted by atomic mass is 19.1. The van der Waals surface area contributed by atoms with Crippen LogP contribution in [0.3, 0.4) is 0 Å². The summed E-state index contributed by atoms with van der Waals surface area (Å²) in [7, 11) is 0. The van der Waals surface area contributed by atoms with Gasteiger partial charge in [-0.25, -0.2) is 9.18 Å². The normalized spacial score (nSPS) is 18.0. The average Bonchev–Trinajstić information content (AvgIpc) is 2.46. The van der Waals surface area contributed by atoms with Crippen LogP contribution < -0.4 is 11.1 Å². The molecule has 116 valence electrons. The van der Waals surface area contributed by atoms with Gasteiger partial charge in [-0.2, -0.15) is 0 Å². The summed E-state index contributed by atoms with van der Waals surface area (Å²) in [4.78, 5) is 12.8. The lowest BCUT2D eigenvalue weighted by molar-refractivity contribution is 0.179. The van der Waals surface area contributed by atoms with E-state index in [0.29, 0.717) is 25.0 Å². The molecule has 1 atom stereocenters. The molecule has 1 saturated heterocycles. The molecule has 0 spiro atoms. The second-order valence-electron chi connectivity index (χ2n) is 6.04. The first-order valence-electron chi connectivity index (χ1n) is 7.53. The number of piperidine rings is 1. The van der Waals surface area contributed by atoms with E-state index >= 15 is 0 Å². The molecule has 0 aliphatic carbocycles. The number of hydrogen-bond donors (Lipinski definition) is 2. The third kappa shape index (κ3) is 4.17. The molecule has 1 aromatic rings. The standard InChI is InChI=1S/C16H24FN3O/c1-11(2)15(12-3-5-13(17)6-4-12)19-14-7-9-20(10-8-14)16(18)21/h3-6,11,14-15,19H,7-10H2,1-2H3,(H2,18,21). The molecule has 2 rings (SSSR count). The number of urea groups is 1. The van der Waals surface area contributed by atoms with Crippen molar-refractivity contribution >= 4 is 6.03 Å². The van der Waals surface area contributed by atoms with E-state index in [1.54, 1.807) is 4.90 Å². The molecule has 1 aliphatic rings. The van der Waals surface area contributed by atoms with Crippen LogP contribution in [-0.2, 0) is 0 Å². The van der Waals surface area contributed by atoms with Crippen LogP contribution in [0.1, 0.15) is 38.3 Å². The molecule has 5 heteroatoms. The van der Waals surface area contributed by atoms with E-state index in [1.165, 1.54) is 12.1 Å². The fourth-order valence-electron chi connectivity index (χ4n) is 2.86. The van der Waals surface area contributed by atoms with E-state index in [9.17, 15) is 9.18 Å². The maximum absolute atomic E-state index is 13.1. The Morgan fingerprint density at radius 2 is 1.86 bits per heavy atom. The van der Waals surface area contributed by atoms with E-state index in [2.05, 4.69) is 19.2 Å². The second kappa shape index (κ2) is 6.89. The number of amides is 2. The van der Waals surface area contributed by atoms with E-state index in [1.807, 2.05) is 12.1 Å². The minimum Gasteiger partial charge on any atom is -0.351 e. The number of hydrogen-bond acceptors (Lipinski definition) is 2. The molecule has 1 aromatic carbocycles. The zero-order valence-corrected chi connectivity index (χ0v) is 12.7. The lowest BCUT2D eigenvalue weighted by atomic mass is 9.93. The molecule has 21 heavy (non-hydrogen) atoms. The summed E-state index contributed by atoms with van der Waals surface area (Å²) in [6.45, 7) is 5.70. The van der Waals surface area contributed by atoms with Gasteiger partial charge in [0.25, 0.3) is 0 Å². The Labute approximate surface area is 125 Å². The number of carbonyl (C=O) groups is 1. The second-order valence-corrected chi connectivity index (χ2v) is 6.04. The number of nitrogens with two attached hydrogens (primary N) is 1. The van der Waals surface area contributed by atoms with E-state index in [-0.39, 0.29) is 17.9 Å². The largest absolute Gasteiger partial charge is 0.351 e. The summed E-state index contributed by atoms with van der Waals surface area (Å²) in [6, 6.07) is 6.89. The molecule has 0 saturated carbocycles.